The van der Waals surface area contributed by atoms with Crippen LogP contribution in [0.4, 0.5) is 0 Å². The van der Waals surface area contributed by atoms with E-state index in [0.29, 0.717) is 66.5 Å². The van der Waals surface area contributed by atoms with E-state index in [4.69, 9.17) is 18.9 Å². The second-order valence-electron chi connectivity index (χ2n) is 6.07. The molecule has 0 heterocycles. The molecule has 8 heteroatoms. The maximum Gasteiger partial charge on any atom is 0.338 e. The minimum atomic E-state index is -0.395. The molecule has 0 aromatic heterocycles. The molecule has 160 valence electrons. The minimum absolute atomic E-state index is 0.388. The van der Waals surface area contributed by atoms with E-state index in [9.17, 15) is 4.79 Å². The normalized spacial score (nSPS) is 10.6. The predicted molar refractivity (Wildman–Crippen MR) is 124 cm³/mol. The first kappa shape index (κ1) is 25.2. The summed E-state index contributed by atoms with van der Waals surface area (Å²) in [6.45, 7) is 3.86. The maximum absolute atomic E-state index is 12.4. The monoisotopic (exact) mass is 448 g/mol. The van der Waals surface area contributed by atoms with Gasteiger partial charge in [0.15, 0.2) is 11.5 Å². The van der Waals surface area contributed by atoms with Crippen molar-refractivity contribution in [2.24, 2.45) is 0 Å². The summed E-state index contributed by atoms with van der Waals surface area (Å²) in [6, 6.07) is 3.32. The molecule has 0 unspecified atom stereocenters. The number of hydrogen-bond acceptors (Lipinski definition) is 8. The van der Waals surface area contributed by atoms with Gasteiger partial charge in [-0.05, 0) is 55.1 Å². The van der Waals surface area contributed by atoms with Crippen molar-refractivity contribution in [1.29, 1.82) is 0 Å². The Morgan fingerprint density at radius 2 is 1.29 bits per heavy atom. The third kappa shape index (κ3) is 9.56. The van der Waals surface area contributed by atoms with Gasteiger partial charge in [0.25, 0.3) is 0 Å². The highest BCUT2D eigenvalue weighted by atomic mass is 32.1. The molecule has 1 aromatic rings. The molecule has 28 heavy (non-hydrogen) atoms. The predicted octanol–water partition coefficient (Wildman–Crippen LogP) is 4.74. The molecule has 0 spiro atoms. The minimum Gasteiger partial charge on any atom is -0.489 e. The Bertz CT molecular complexity index is 538. The van der Waals surface area contributed by atoms with Crippen molar-refractivity contribution >= 4 is 43.9 Å². The zero-order valence-corrected chi connectivity index (χ0v) is 19.2. The molecule has 0 aliphatic carbocycles. The van der Waals surface area contributed by atoms with Crippen LogP contribution in [0.3, 0.4) is 0 Å². The fourth-order valence-electron chi connectivity index (χ4n) is 2.18. The van der Waals surface area contributed by atoms with E-state index in [1.807, 2.05) is 6.92 Å². The zero-order valence-electron chi connectivity index (χ0n) is 16.5. The van der Waals surface area contributed by atoms with Crippen molar-refractivity contribution in [2.45, 2.75) is 39.0 Å². The Hall–Kier alpha value is -0.860. The van der Waals surface area contributed by atoms with Crippen molar-refractivity contribution in [2.75, 3.05) is 43.7 Å². The van der Waals surface area contributed by atoms with Crippen LogP contribution in [0.5, 0.6) is 17.2 Å². The van der Waals surface area contributed by atoms with Gasteiger partial charge >= 0.3 is 5.97 Å². The first-order valence-electron chi connectivity index (χ1n) is 9.74. The van der Waals surface area contributed by atoms with Gasteiger partial charge in [0.2, 0.25) is 5.75 Å². The lowest BCUT2D eigenvalue weighted by Gasteiger charge is -2.18. The van der Waals surface area contributed by atoms with Gasteiger partial charge in [0.1, 0.15) is 0 Å². The summed E-state index contributed by atoms with van der Waals surface area (Å²) in [4.78, 5) is 12.4. The molecule has 0 aliphatic rings. The number of carbonyl (C=O) groups is 1. The first-order valence-corrected chi connectivity index (χ1v) is 11.6. The van der Waals surface area contributed by atoms with Crippen LogP contribution in [0.2, 0.25) is 0 Å². The quantitative estimate of drug-likeness (QED) is 0.194. The molecular formula is C20H32O5S3. The van der Waals surface area contributed by atoms with Gasteiger partial charge in [-0.15, -0.1) is 0 Å². The van der Waals surface area contributed by atoms with E-state index in [0.717, 1.165) is 32.1 Å². The summed E-state index contributed by atoms with van der Waals surface area (Å²) in [7, 11) is 0. The van der Waals surface area contributed by atoms with Crippen LogP contribution in [0.1, 0.15) is 49.4 Å². The number of hydrogen-bond donors (Lipinski definition) is 3. The highest BCUT2D eigenvalue weighted by molar-refractivity contribution is 7.80. The molecule has 1 rings (SSSR count). The van der Waals surface area contributed by atoms with E-state index >= 15 is 0 Å². The topological polar surface area (TPSA) is 54.0 Å². The summed E-state index contributed by atoms with van der Waals surface area (Å²) in [5, 5.41) is 0. The molecule has 1 aromatic carbocycles. The number of carbonyl (C=O) groups excluding carboxylic acids is 1. The van der Waals surface area contributed by atoms with Gasteiger partial charge in [0.05, 0.1) is 32.0 Å². The van der Waals surface area contributed by atoms with Gasteiger partial charge in [-0.2, -0.15) is 37.9 Å². The Kier molecular flexibility index (Phi) is 14.4. The summed E-state index contributed by atoms with van der Waals surface area (Å²) < 4.78 is 23.0. The summed E-state index contributed by atoms with van der Waals surface area (Å²) in [6.07, 6.45) is 4.13. The Morgan fingerprint density at radius 1 is 0.786 bits per heavy atom. The van der Waals surface area contributed by atoms with Crippen LogP contribution in [0, 0.1) is 0 Å². The van der Waals surface area contributed by atoms with Crippen LogP contribution in [-0.4, -0.2) is 49.7 Å². The van der Waals surface area contributed by atoms with E-state index in [-0.39, 0.29) is 0 Å². The Morgan fingerprint density at radius 3 is 1.75 bits per heavy atom. The van der Waals surface area contributed by atoms with Gasteiger partial charge in [-0.1, -0.05) is 13.3 Å². The fourth-order valence-corrected chi connectivity index (χ4v) is 2.56. The van der Waals surface area contributed by atoms with Crippen molar-refractivity contribution < 1.29 is 23.7 Å². The zero-order chi connectivity index (χ0) is 20.6. The Balaban J connectivity index is 3.12. The largest absolute Gasteiger partial charge is 0.489 e. The molecule has 0 radical (unpaired) electrons. The number of esters is 1. The smallest absolute Gasteiger partial charge is 0.338 e. The third-order valence-corrected chi connectivity index (χ3v) is 4.61. The molecule has 0 bridgehead atoms. The van der Waals surface area contributed by atoms with E-state index < -0.39 is 5.97 Å². The highest BCUT2D eigenvalue weighted by Crippen LogP contribution is 2.39. The standard InChI is InChI=1S/C20H32O5S3/c1-2-3-7-25-20(21)16-14-17(22-8-4-11-26)19(24-10-6-13-28)18(15-16)23-9-5-12-27/h14-15,26-28H,2-13H2,1H3. The number of unbranched alkanes of at least 4 members (excludes halogenated alkanes) is 1. The van der Waals surface area contributed by atoms with Gasteiger partial charge in [0, 0.05) is 0 Å². The number of thiol groups is 3. The number of benzene rings is 1. The SMILES string of the molecule is CCCCOC(=O)c1cc(OCCCS)c(OCCCS)c(OCCCS)c1. The molecule has 0 N–H and O–H groups in total. The Labute approximate surface area is 185 Å². The van der Waals surface area contributed by atoms with Crippen molar-refractivity contribution in [1.82, 2.24) is 0 Å². The molecule has 0 amide bonds. The lowest BCUT2D eigenvalue weighted by atomic mass is 10.1. The molecule has 0 saturated heterocycles. The molecule has 0 saturated carbocycles. The van der Waals surface area contributed by atoms with Crippen molar-refractivity contribution in [3.8, 4) is 17.2 Å². The van der Waals surface area contributed by atoms with Crippen LogP contribution in [0.25, 0.3) is 0 Å². The highest BCUT2D eigenvalue weighted by Gasteiger charge is 2.19. The summed E-state index contributed by atoms with van der Waals surface area (Å²) >= 11 is 12.6. The number of ether oxygens (including phenoxy) is 4. The lowest BCUT2D eigenvalue weighted by Crippen LogP contribution is -2.11. The average molecular weight is 449 g/mol. The average Bonchev–Trinajstić information content (AvgIpc) is 2.70. The van der Waals surface area contributed by atoms with Gasteiger partial charge in [-0.25, -0.2) is 4.79 Å². The fraction of sp³-hybridized carbons (Fsp3) is 0.650. The van der Waals surface area contributed by atoms with Crippen molar-refractivity contribution in [3.05, 3.63) is 17.7 Å². The molecule has 5 nitrogen and oxygen atoms in total. The molecule has 0 fully saturated rings. The molecule has 0 aliphatic heterocycles. The van der Waals surface area contributed by atoms with Crippen LogP contribution < -0.4 is 14.2 Å². The second kappa shape index (κ2) is 16.0. The molecular weight excluding hydrogens is 416 g/mol. The summed E-state index contributed by atoms with van der Waals surface area (Å²) in [5.74, 6) is 3.20. The van der Waals surface area contributed by atoms with Gasteiger partial charge < -0.3 is 18.9 Å². The number of rotatable bonds is 16. The first-order chi connectivity index (χ1) is 13.7. The van der Waals surface area contributed by atoms with E-state index in [1.54, 1.807) is 12.1 Å². The van der Waals surface area contributed by atoms with Gasteiger partial charge in [-0.3, -0.25) is 0 Å². The second-order valence-corrected chi connectivity index (χ2v) is 7.41. The maximum atomic E-state index is 12.4. The third-order valence-electron chi connectivity index (χ3n) is 3.66. The van der Waals surface area contributed by atoms with Crippen LogP contribution in [-0.2, 0) is 4.74 Å². The van der Waals surface area contributed by atoms with E-state index in [2.05, 4.69) is 37.9 Å². The van der Waals surface area contributed by atoms with E-state index in [1.165, 1.54) is 0 Å². The molecule has 0 atom stereocenters. The van der Waals surface area contributed by atoms with Crippen LogP contribution >= 0.6 is 37.9 Å². The summed E-state index contributed by atoms with van der Waals surface area (Å²) in [5.41, 5.74) is 0.388. The van der Waals surface area contributed by atoms with Crippen LogP contribution in [0.15, 0.2) is 12.1 Å². The van der Waals surface area contributed by atoms with Crippen molar-refractivity contribution in [3.63, 3.8) is 0 Å². The lowest BCUT2D eigenvalue weighted by molar-refractivity contribution is 0.0498.